The Hall–Kier alpha value is -2.51. The number of hydrogen-bond donors (Lipinski definition) is 4. The van der Waals surface area contributed by atoms with Gasteiger partial charge in [0, 0.05) is 31.6 Å². The molecular formula is C35H65N5O7S. The van der Waals surface area contributed by atoms with Gasteiger partial charge in [-0.3, -0.25) is 19.4 Å². The van der Waals surface area contributed by atoms with E-state index in [0.717, 1.165) is 29.9 Å². The summed E-state index contributed by atoms with van der Waals surface area (Å²) in [4.78, 5) is 64.0. The zero-order valence-electron chi connectivity index (χ0n) is 31.5. The van der Waals surface area contributed by atoms with Gasteiger partial charge in [0.2, 0.25) is 17.7 Å². The third-order valence-corrected chi connectivity index (χ3v) is 10.3. The standard InChI is InChI=1S/C28H50N2O5S.C7H15N3O2/c1-10-18(2)16-25(33)30(9)21(5)27(34)35-24(28(6,7)8)15-19(3)14-23(32)20(4)26-29-22(17-36-26)12-11-13-31;1-4(6(8)11)10-7(12)5(2)9-3/h13,18-24,32H,10-12,14-17H2,1-9H3;4-5,9H,1-3H3,(H2,8,11)(H,10,12)/t18?,19-,20?,21-,22+,23?,24?;4-,5-/m00/s1. The quantitative estimate of drug-likeness (QED) is 0.115. The number of amides is 3. The van der Waals surface area contributed by atoms with Gasteiger partial charge in [0.25, 0.3) is 0 Å². The molecule has 4 unspecified atom stereocenters. The molecule has 0 bridgehead atoms. The minimum Gasteiger partial charge on any atom is -0.460 e. The molecule has 1 rings (SSSR count). The van der Waals surface area contributed by atoms with E-state index in [9.17, 15) is 29.1 Å². The van der Waals surface area contributed by atoms with Crippen molar-refractivity contribution >= 4 is 46.8 Å². The van der Waals surface area contributed by atoms with E-state index in [2.05, 4.69) is 24.5 Å². The third-order valence-electron chi connectivity index (χ3n) is 8.95. The number of aldehydes is 1. The van der Waals surface area contributed by atoms with Crippen molar-refractivity contribution < 1.29 is 33.8 Å². The highest BCUT2D eigenvalue weighted by molar-refractivity contribution is 8.14. The molecule has 3 amide bonds. The van der Waals surface area contributed by atoms with Gasteiger partial charge in [0.05, 0.1) is 23.2 Å². The van der Waals surface area contributed by atoms with Crippen LogP contribution in [0, 0.1) is 23.2 Å². The number of aliphatic hydroxyl groups excluding tert-OH is 1. The van der Waals surface area contributed by atoms with E-state index in [1.807, 2.05) is 34.6 Å². The average Bonchev–Trinajstić information content (AvgIpc) is 3.50. The van der Waals surface area contributed by atoms with Crippen LogP contribution in [-0.4, -0.2) is 101 Å². The summed E-state index contributed by atoms with van der Waals surface area (Å²) in [6.07, 6.45) is 3.86. The van der Waals surface area contributed by atoms with Crippen molar-refractivity contribution in [1.29, 1.82) is 0 Å². The van der Waals surface area contributed by atoms with E-state index in [1.54, 1.807) is 46.6 Å². The summed E-state index contributed by atoms with van der Waals surface area (Å²) in [5.74, 6) is -0.0187. The number of carbonyl (C=O) groups excluding carboxylic acids is 5. The number of likely N-dealkylation sites (N-methyl/N-ethyl adjacent to an activating group) is 2. The predicted molar refractivity (Wildman–Crippen MR) is 194 cm³/mol. The molecule has 0 aromatic heterocycles. The zero-order chi connectivity index (χ0) is 37.4. The Morgan fingerprint density at radius 3 is 2.19 bits per heavy atom. The molecule has 1 aliphatic rings. The van der Waals surface area contributed by atoms with Crippen LogP contribution >= 0.6 is 11.8 Å². The first kappa shape index (κ1) is 45.5. The fraction of sp³-hybridized carbons (Fsp3) is 0.829. The molecule has 9 atom stereocenters. The molecule has 0 aromatic rings. The van der Waals surface area contributed by atoms with Gasteiger partial charge in [-0.25, -0.2) is 4.79 Å². The summed E-state index contributed by atoms with van der Waals surface area (Å²) in [6, 6.07) is -1.43. The number of nitrogens with one attached hydrogen (secondary N) is 2. The van der Waals surface area contributed by atoms with Gasteiger partial charge >= 0.3 is 5.97 Å². The number of hydrogen-bond acceptors (Lipinski definition) is 10. The summed E-state index contributed by atoms with van der Waals surface area (Å²) < 4.78 is 5.97. The topological polar surface area (TPSA) is 180 Å². The number of rotatable bonds is 19. The molecule has 0 spiro atoms. The highest BCUT2D eigenvalue weighted by Gasteiger charge is 2.35. The normalized spacial score (nSPS) is 19.5. The number of nitrogens with two attached hydrogens (primary N) is 1. The number of thioether (sulfide) groups is 1. The smallest absolute Gasteiger partial charge is 0.328 e. The molecule has 0 saturated carbocycles. The molecule has 1 aliphatic heterocycles. The SMILES string of the molecule is CCC(C)CC(=O)N(C)[C@@H](C)C(=O)OC(C[C@@H](C)CC(O)C(C)C1=N[C@H](CCC=O)CS1)C(C)(C)C.CN[C@@H](C)C(=O)N[C@@H](C)C(N)=O. The summed E-state index contributed by atoms with van der Waals surface area (Å²) in [5, 5.41) is 17.1. The van der Waals surface area contributed by atoms with E-state index in [1.165, 1.54) is 4.90 Å². The van der Waals surface area contributed by atoms with Gasteiger partial charge in [-0.15, -0.1) is 11.8 Å². The van der Waals surface area contributed by atoms with E-state index in [-0.39, 0.29) is 53.2 Å². The number of carbonyl (C=O) groups is 5. The van der Waals surface area contributed by atoms with Crippen LogP contribution in [0.1, 0.15) is 108 Å². The molecular weight excluding hydrogens is 634 g/mol. The van der Waals surface area contributed by atoms with Crippen molar-refractivity contribution in [1.82, 2.24) is 15.5 Å². The van der Waals surface area contributed by atoms with E-state index in [4.69, 9.17) is 15.5 Å². The lowest BCUT2D eigenvalue weighted by molar-refractivity contribution is -0.164. The van der Waals surface area contributed by atoms with Crippen LogP contribution in [0.5, 0.6) is 0 Å². The molecule has 0 saturated heterocycles. The number of aliphatic hydroxyl groups is 1. The van der Waals surface area contributed by atoms with Gasteiger partial charge < -0.3 is 35.9 Å². The molecule has 0 aromatic carbocycles. The maximum absolute atomic E-state index is 13.0. The molecule has 48 heavy (non-hydrogen) atoms. The lowest BCUT2D eigenvalue weighted by atomic mass is 9.81. The molecule has 0 radical (unpaired) electrons. The second kappa shape index (κ2) is 22.3. The average molecular weight is 700 g/mol. The minimum atomic E-state index is -0.656. The second-order valence-electron chi connectivity index (χ2n) is 14.4. The summed E-state index contributed by atoms with van der Waals surface area (Å²) in [7, 11) is 3.33. The minimum absolute atomic E-state index is 0.0484. The maximum atomic E-state index is 13.0. The summed E-state index contributed by atoms with van der Waals surface area (Å²) in [5.41, 5.74) is 4.67. The van der Waals surface area contributed by atoms with Crippen molar-refractivity contribution in [2.75, 3.05) is 19.8 Å². The molecule has 12 nitrogen and oxygen atoms in total. The van der Waals surface area contributed by atoms with Crippen LogP contribution in [0.15, 0.2) is 4.99 Å². The van der Waals surface area contributed by atoms with Crippen molar-refractivity contribution in [3.8, 4) is 0 Å². The van der Waals surface area contributed by atoms with Gasteiger partial charge in [0.15, 0.2) is 0 Å². The molecule has 5 N–H and O–H groups in total. The van der Waals surface area contributed by atoms with Crippen LogP contribution in [0.25, 0.3) is 0 Å². The van der Waals surface area contributed by atoms with Crippen molar-refractivity contribution in [2.24, 2.45) is 33.9 Å². The van der Waals surface area contributed by atoms with Gasteiger partial charge in [-0.1, -0.05) is 54.9 Å². The van der Waals surface area contributed by atoms with Crippen LogP contribution in [0.4, 0.5) is 0 Å². The summed E-state index contributed by atoms with van der Waals surface area (Å²) >= 11 is 1.68. The van der Waals surface area contributed by atoms with E-state index < -0.39 is 30.1 Å². The molecule has 1 heterocycles. The van der Waals surface area contributed by atoms with Crippen molar-refractivity contribution in [3.05, 3.63) is 0 Å². The molecule has 0 fully saturated rings. The maximum Gasteiger partial charge on any atom is 0.328 e. The third kappa shape index (κ3) is 16.7. The predicted octanol–water partition coefficient (Wildman–Crippen LogP) is 3.72. The lowest BCUT2D eigenvalue weighted by Crippen LogP contribution is -2.48. The number of nitrogens with zero attached hydrogens (tertiary/aromatic N) is 2. The highest BCUT2D eigenvalue weighted by Crippen LogP contribution is 2.33. The Morgan fingerprint density at radius 1 is 1.08 bits per heavy atom. The fourth-order valence-corrected chi connectivity index (χ4v) is 5.90. The highest BCUT2D eigenvalue weighted by atomic mass is 32.2. The zero-order valence-corrected chi connectivity index (χ0v) is 32.3. The first-order valence-corrected chi connectivity index (χ1v) is 18.2. The Labute approximate surface area is 293 Å². The Kier molecular flexibility index (Phi) is 21.1. The first-order valence-electron chi connectivity index (χ1n) is 17.2. The number of ether oxygens (including phenoxy) is 1. The lowest BCUT2D eigenvalue weighted by Gasteiger charge is -2.35. The van der Waals surface area contributed by atoms with Crippen LogP contribution in [-0.2, 0) is 28.7 Å². The monoisotopic (exact) mass is 699 g/mol. The number of esters is 1. The molecule has 278 valence electrons. The largest absolute Gasteiger partial charge is 0.460 e. The second-order valence-corrected chi connectivity index (χ2v) is 15.5. The Bertz CT molecular complexity index is 1070. The number of aliphatic imine (C=N–C) groups is 1. The first-order chi connectivity index (χ1) is 22.2. The van der Waals surface area contributed by atoms with Gasteiger partial charge in [-0.2, -0.15) is 0 Å². The van der Waals surface area contributed by atoms with Crippen LogP contribution in [0.3, 0.4) is 0 Å². The Morgan fingerprint density at radius 2 is 1.69 bits per heavy atom. The molecule has 0 aliphatic carbocycles. The fourth-order valence-electron chi connectivity index (χ4n) is 4.65. The van der Waals surface area contributed by atoms with Gasteiger partial charge in [-0.05, 0) is 64.3 Å². The van der Waals surface area contributed by atoms with Crippen LogP contribution < -0.4 is 16.4 Å². The van der Waals surface area contributed by atoms with E-state index in [0.29, 0.717) is 25.7 Å². The van der Waals surface area contributed by atoms with Crippen LogP contribution in [0.2, 0.25) is 0 Å². The van der Waals surface area contributed by atoms with Gasteiger partial charge in [0.1, 0.15) is 24.5 Å². The van der Waals surface area contributed by atoms with E-state index >= 15 is 0 Å². The Balaban J connectivity index is 0.00000155. The van der Waals surface area contributed by atoms with Crippen molar-refractivity contribution in [3.63, 3.8) is 0 Å². The van der Waals surface area contributed by atoms with Crippen molar-refractivity contribution in [2.45, 2.75) is 144 Å². The number of primary amides is 1. The summed E-state index contributed by atoms with van der Waals surface area (Å²) in [6.45, 7) is 19.2. The molecule has 13 heteroatoms.